The molecule has 0 aliphatic heterocycles. The van der Waals surface area contributed by atoms with Gasteiger partial charge >= 0.3 is 0 Å². The molecule has 4 heteroatoms. The van der Waals surface area contributed by atoms with Crippen LogP contribution >= 0.6 is 27.5 Å². The van der Waals surface area contributed by atoms with Crippen molar-refractivity contribution in [1.82, 2.24) is 4.98 Å². The van der Waals surface area contributed by atoms with Gasteiger partial charge in [0.05, 0.1) is 11.7 Å². The van der Waals surface area contributed by atoms with E-state index in [0.717, 1.165) is 23.0 Å². The maximum absolute atomic E-state index is 6.07. The molecule has 0 saturated heterocycles. The van der Waals surface area contributed by atoms with E-state index in [1.807, 2.05) is 12.1 Å². The quantitative estimate of drug-likeness (QED) is 0.817. The van der Waals surface area contributed by atoms with E-state index in [1.165, 1.54) is 11.1 Å². The molecular formula is C14H12BrClN2. The fraction of sp³-hybridized carbons (Fsp3) is 0.214. The van der Waals surface area contributed by atoms with E-state index in [2.05, 4.69) is 44.4 Å². The number of pyridine rings is 1. The zero-order valence-electron chi connectivity index (χ0n) is 9.66. The molecule has 18 heavy (non-hydrogen) atoms. The summed E-state index contributed by atoms with van der Waals surface area (Å²) in [6, 6.07) is 10.6. The number of halogens is 2. The zero-order chi connectivity index (χ0) is 12.5. The third-order valence-corrected chi connectivity index (χ3v) is 4.07. The van der Waals surface area contributed by atoms with Crippen LogP contribution in [0.5, 0.6) is 0 Å². The second-order valence-electron chi connectivity index (χ2n) is 4.42. The third-order valence-electron chi connectivity index (χ3n) is 3.27. The lowest BCUT2D eigenvalue weighted by atomic mass is 10.1. The molecule has 0 bridgehead atoms. The Hall–Kier alpha value is -1.06. The summed E-state index contributed by atoms with van der Waals surface area (Å²) in [7, 11) is 0. The summed E-state index contributed by atoms with van der Waals surface area (Å²) in [5, 5.41) is 4.01. The van der Waals surface area contributed by atoms with Crippen molar-refractivity contribution < 1.29 is 0 Å². The van der Waals surface area contributed by atoms with Crippen molar-refractivity contribution in [2.75, 3.05) is 5.32 Å². The standard InChI is InChI=1S/C14H12BrClN2/c15-10-4-5-11-9(8-10)3-6-12(11)18-13-2-1-7-17-14(13)16/h1-2,4-5,7-8,12,18H,3,6H2. The van der Waals surface area contributed by atoms with Gasteiger partial charge in [0.2, 0.25) is 0 Å². The average molecular weight is 324 g/mol. The molecule has 1 aromatic heterocycles. The molecule has 92 valence electrons. The Labute approximate surface area is 120 Å². The molecule has 1 heterocycles. The summed E-state index contributed by atoms with van der Waals surface area (Å²) >= 11 is 9.59. The molecule has 1 atom stereocenters. The van der Waals surface area contributed by atoms with Crippen molar-refractivity contribution in [1.29, 1.82) is 0 Å². The predicted octanol–water partition coefficient (Wildman–Crippen LogP) is 4.60. The number of aromatic nitrogens is 1. The molecular weight excluding hydrogens is 312 g/mol. The minimum absolute atomic E-state index is 0.329. The molecule has 2 aromatic rings. The van der Waals surface area contributed by atoms with Crippen LogP contribution in [0.1, 0.15) is 23.6 Å². The molecule has 2 nitrogen and oxygen atoms in total. The summed E-state index contributed by atoms with van der Waals surface area (Å²) in [6.45, 7) is 0. The Bertz CT molecular complexity index is 586. The SMILES string of the molecule is Clc1ncccc1NC1CCc2cc(Br)ccc21. The number of aryl methyl sites for hydroxylation is 1. The number of anilines is 1. The van der Waals surface area contributed by atoms with Gasteiger partial charge in [-0.15, -0.1) is 0 Å². The lowest BCUT2D eigenvalue weighted by Crippen LogP contribution is -2.07. The lowest BCUT2D eigenvalue weighted by Gasteiger charge is -2.16. The van der Waals surface area contributed by atoms with Crippen molar-refractivity contribution in [2.24, 2.45) is 0 Å². The van der Waals surface area contributed by atoms with Gasteiger partial charge in [0, 0.05) is 10.7 Å². The smallest absolute Gasteiger partial charge is 0.152 e. The molecule has 0 radical (unpaired) electrons. The van der Waals surface area contributed by atoms with Crippen LogP contribution in [0.2, 0.25) is 5.15 Å². The molecule has 3 rings (SSSR count). The van der Waals surface area contributed by atoms with E-state index in [0.29, 0.717) is 11.2 Å². The Morgan fingerprint density at radius 1 is 1.33 bits per heavy atom. The maximum atomic E-state index is 6.07. The van der Waals surface area contributed by atoms with Gasteiger partial charge in [-0.25, -0.2) is 4.98 Å². The van der Waals surface area contributed by atoms with Crippen LogP contribution in [0.15, 0.2) is 41.0 Å². The minimum Gasteiger partial charge on any atom is -0.376 e. The first-order valence-electron chi connectivity index (χ1n) is 5.89. The largest absolute Gasteiger partial charge is 0.376 e. The van der Waals surface area contributed by atoms with Gasteiger partial charge in [-0.1, -0.05) is 33.6 Å². The summed E-state index contributed by atoms with van der Waals surface area (Å²) < 4.78 is 1.14. The highest BCUT2D eigenvalue weighted by molar-refractivity contribution is 9.10. The Morgan fingerprint density at radius 2 is 2.22 bits per heavy atom. The number of nitrogens with one attached hydrogen (secondary N) is 1. The highest BCUT2D eigenvalue weighted by atomic mass is 79.9. The van der Waals surface area contributed by atoms with Crippen molar-refractivity contribution in [3.05, 3.63) is 57.3 Å². The molecule has 0 saturated carbocycles. The fourth-order valence-corrected chi connectivity index (χ4v) is 3.00. The first kappa shape index (κ1) is 12.0. The Balaban J connectivity index is 1.87. The van der Waals surface area contributed by atoms with Crippen LogP contribution in [-0.2, 0) is 6.42 Å². The normalized spacial score (nSPS) is 17.6. The van der Waals surface area contributed by atoms with Crippen molar-refractivity contribution in [2.45, 2.75) is 18.9 Å². The van der Waals surface area contributed by atoms with E-state index < -0.39 is 0 Å². The van der Waals surface area contributed by atoms with Crippen molar-refractivity contribution in [3.8, 4) is 0 Å². The molecule has 1 unspecified atom stereocenters. The first-order valence-corrected chi connectivity index (χ1v) is 7.06. The van der Waals surface area contributed by atoms with E-state index in [9.17, 15) is 0 Å². The molecule has 0 amide bonds. The van der Waals surface area contributed by atoms with E-state index in [4.69, 9.17) is 11.6 Å². The average Bonchev–Trinajstić information content (AvgIpc) is 2.74. The number of rotatable bonds is 2. The van der Waals surface area contributed by atoms with Gasteiger partial charge in [-0.3, -0.25) is 0 Å². The summed E-state index contributed by atoms with van der Waals surface area (Å²) in [5.74, 6) is 0. The summed E-state index contributed by atoms with van der Waals surface area (Å²) in [5.41, 5.74) is 3.67. The first-order chi connectivity index (χ1) is 8.74. The second-order valence-corrected chi connectivity index (χ2v) is 5.69. The second kappa shape index (κ2) is 4.90. The molecule has 1 aromatic carbocycles. The van der Waals surface area contributed by atoms with Gasteiger partial charge in [0.15, 0.2) is 5.15 Å². The zero-order valence-corrected chi connectivity index (χ0v) is 12.0. The number of benzene rings is 1. The molecule has 1 aliphatic carbocycles. The number of fused-ring (bicyclic) bond motifs is 1. The van der Waals surface area contributed by atoms with Crippen LogP contribution in [0.3, 0.4) is 0 Å². The van der Waals surface area contributed by atoms with Crippen LogP contribution < -0.4 is 5.32 Å². The van der Waals surface area contributed by atoms with E-state index in [1.54, 1.807) is 6.20 Å². The minimum atomic E-state index is 0.329. The highest BCUT2D eigenvalue weighted by Crippen LogP contribution is 2.36. The molecule has 1 aliphatic rings. The third kappa shape index (κ3) is 2.25. The van der Waals surface area contributed by atoms with Gasteiger partial charge in [-0.2, -0.15) is 0 Å². The van der Waals surface area contributed by atoms with Crippen LogP contribution in [-0.4, -0.2) is 4.98 Å². The fourth-order valence-electron chi connectivity index (χ4n) is 2.42. The number of hydrogen-bond donors (Lipinski definition) is 1. The summed E-state index contributed by atoms with van der Waals surface area (Å²) in [6.07, 6.45) is 3.90. The monoisotopic (exact) mass is 322 g/mol. The molecule has 0 fully saturated rings. The van der Waals surface area contributed by atoms with Crippen LogP contribution in [0.4, 0.5) is 5.69 Å². The van der Waals surface area contributed by atoms with E-state index >= 15 is 0 Å². The van der Waals surface area contributed by atoms with Gasteiger partial charge in [0.25, 0.3) is 0 Å². The number of nitrogens with zero attached hydrogens (tertiary/aromatic N) is 1. The van der Waals surface area contributed by atoms with Gasteiger partial charge in [0.1, 0.15) is 0 Å². The van der Waals surface area contributed by atoms with Crippen LogP contribution in [0, 0.1) is 0 Å². The predicted molar refractivity (Wildman–Crippen MR) is 78.1 cm³/mol. The number of hydrogen-bond acceptors (Lipinski definition) is 2. The van der Waals surface area contributed by atoms with Crippen molar-refractivity contribution in [3.63, 3.8) is 0 Å². The maximum Gasteiger partial charge on any atom is 0.152 e. The topological polar surface area (TPSA) is 24.9 Å². The summed E-state index contributed by atoms with van der Waals surface area (Å²) in [4.78, 5) is 4.09. The molecule has 0 spiro atoms. The van der Waals surface area contributed by atoms with Gasteiger partial charge < -0.3 is 5.32 Å². The molecule has 1 N–H and O–H groups in total. The van der Waals surface area contributed by atoms with E-state index in [-0.39, 0.29) is 0 Å². The van der Waals surface area contributed by atoms with Gasteiger partial charge in [-0.05, 0) is 48.2 Å². The Kier molecular flexibility index (Phi) is 3.27. The lowest BCUT2D eigenvalue weighted by molar-refractivity contribution is 0.761. The van der Waals surface area contributed by atoms with Crippen molar-refractivity contribution >= 4 is 33.2 Å². The Morgan fingerprint density at radius 3 is 3.06 bits per heavy atom. The highest BCUT2D eigenvalue weighted by Gasteiger charge is 2.22. The van der Waals surface area contributed by atoms with Crippen LogP contribution in [0.25, 0.3) is 0 Å².